The molecule has 2 aromatic carbocycles. The number of unbranched alkanes of at least 4 members (excludes halogenated alkanes) is 8. The summed E-state index contributed by atoms with van der Waals surface area (Å²) in [5, 5.41) is 29.6. The third-order valence-electron chi connectivity index (χ3n) is 6.94. The van der Waals surface area contributed by atoms with E-state index in [0.29, 0.717) is 10.8 Å². The van der Waals surface area contributed by atoms with Crippen LogP contribution in [0.3, 0.4) is 0 Å². The van der Waals surface area contributed by atoms with Crippen molar-refractivity contribution < 1.29 is 4.79 Å². The lowest BCUT2D eigenvalue weighted by molar-refractivity contribution is -0.109. The maximum atomic E-state index is 10.9. The topological polar surface area (TPSA) is 91.7 Å². The van der Waals surface area contributed by atoms with E-state index in [2.05, 4.69) is 35.4 Å². The van der Waals surface area contributed by atoms with Gasteiger partial charge in [-0.3, -0.25) is 4.79 Å². The molecule has 1 aliphatic rings. The SMILES string of the molecule is CC(=O)SCCCCCCCCCCCN1C=C/C(=C/C(C#N)=c2ccc(=C(C#N)C#N)cc2)c2ccccc21. The van der Waals surface area contributed by atoms with Gasteiger partial charge in [0, 0.05) is 41.9 Å². The molecule has 40 heavy (non-hydrogen) atoms. The van der Waals surface area contributed by atoms with Crippen molar-refractivity contribution in [2.45, 2.75) is 64.7 Å². The first-order chi connectivity index (χ1) is 19.6. The highest BCUT2D eigenvalue weighted by Gasteiger charge is 2.16. The van der Waals surface area contributed by atoms with Gasteiger partial charge in [0.15, 0.2) is 5.12 Å². The summed E-state index contributed by atoms with van der Waals surface area (Å²) in [7, 11) is 0. The van der Waals surface area contributed by atoms with Crippen molar-refractivity contribution in [3.8, 4) is 18.2 Å². The minimum absolute atomic E-state index is 0.0561. The molecule has 0 saturated carbocycles. The third-order valence-corrected chi connectivity index (χ3v) is 7.84. The van der Waals surface area contributed by atoms with Gasteiger partial charge in [-0.1, -0.05) is 99.2 Å². The zero-order valence-electron chi connectivity index (χ0n) is 23.2. The minimum Gasteiger partial charge on any atom is -0.347 e. The Kier molecular flexibility index (Phi) is 12.8. The van der Waals surface area contributed by atoms with Crippen molar-refractivity contribution in [3.63, 3.8) is 0 Å². The van der Waals surface area contributed by atoms with E-state index in [-0.39, 0.29) is 10.7 Å². The molecule has 5 nitrogen and oxygen atoms in total. The van der Waals surface area contributed by atoms with Crippen LogP contribution in [0.2, 0.25) is 0 Å². The predicted molar refractivity (Wildman–Crippen MR) is 165 cm³/mol. The molecule has 204 valence electrons. The first-order valence-corrected chi connectivity index (χ1v) is 15.0. The molecule has 2 aromatic rings. The van der Waals surface area contributed by atoms with E-state index in [1.807, 2.05) is 30.3 Å². The van der Waals surface area contributed by atoms with Gasteiger partial charge in [-0.15, -0.1) is 0 Å². The van der Waals surface area contributed by atoms with E-state index in [9.17, 15) is 10.1 Å². The molecule has 1 aliphatic heterocycles. The number of allylic oxidation sites excluding steroid dienone is 3. The molecule has 3 rings (SSSR count). The lowest BCUT2D eigenvalue weighted by Gasteiger charge is -2.27. The number of anilines is 1. The molecule has 0 radical (unpaired) electrons. The molecule has 0 bridgehead atoms. The number of benzene rings is 2. The van der Waals surface area contributed by atoms with Crippen molar-refractivity contribution >= 4 is 39.3 Å². The summed E-state index contributed by atoms with van der Waals surface area (Å²) in [5.41, 5.74) is 3.81. The Bertz CT molecular complexity index is 1440. The highest BCUT2D eigenvalue weighted by atomic mass is 32.2. The average Bonchev–Trinajstić information content (AvgIpc) is 2.98. The van der Waals surface area contributed by atoms with E-state index >= 15 is 0 Å². The molecule has 0 amide bonds. The molecule has 0 spiro atoms. The third kappa shape index (κ3) is 9.30. The lowest BCUT2D eigenvalue weighted by Crippen LogP contribution is -2.21. The van der Waals surface area contributed by atoms with Crippen molar-refractivity contribution in [3.05, 3.63) is 82.9 Å². The molecule has 6 heteroatoms. The second-order valence-corrected chi connectivity index (χ2v) is 11.1. The van der Waals surface area contributed by atoms with Crippen molar-refractivity contribution in [2.75, 3.05) is 17.2 Å². The first-order valence-electron chi connectivity index (χ1n) is 14.0. The zero-order chi connectivity index (χ0) is 28.6. The summed E-state index contributed by atoms with van der Waals surface area (Å²) in [6, 6.07) is 21.4. The Morgan fingerprint density at radius 3 is 2.02 bits per heavy atom. The van der Waals surface area contributed by atoms with E-state index in [4.69, 9.17) is 10.5 Å². The molecule has 0 saturated heterocycles. The predicted octanol–water partition coefficient (Wildman–Crippen LogP) is 6.77. The van der Waals surface area contributed by atoms with E-state index < -0.39 is 0 Å². The first kappa shape index (κ1) is 30.5. The van der Waals surface area contributed by atoms with Gasteiger partial charge in [0.25, 0.3) is 0 Å². The second-order valence-electron chi connectivity index (χ2n) is 9.85. The van der Waals surface area contributed by atoms with Gasteiger partial charge in [-0.25, -0.2) is 0 Å². The molecule has 0 fully saturated rings. The molecule has 0 N–H and O–H groups in total. The lowest BCUT2D eigenvalue weighted by atomic mass is 9.97. The van der Waals surface area contributed by atoms with Crippen LogP contribution < -0.4 is 15.3 Å². The number of carbonyl (C=O) groups excluding carboxylic acids is 1. The van der Waals surface area contributed by atoms with Gasteiger partial charge in [-0.05, 0) is 41.9 Å². The largest absolute Gasteiger partial charge is 0.347 e. The summed E-state index contributed by atoms with van der Waals surface area (Å²) in [4.78, 5) is 13.2. The van der Waals surface area contributed by atoms with Crippen LogP contribution in [0.4, 0.5) is 5.69 Å². The summed E-state index contributed by atoms with van der Waals surface area (Å²) in [6.07, 6.45) is 17.2. The van der Waals surface area contributed by atoms with Gasteiger partial charge in [-0.2, -0.15) is 15.8 Å². The van der Waals surface area contributed by atoms with Crippen molar-refractivity contribution in [2.24, 2.45) is 0 Å². The highest BCUT2D eigenvalue weighted by molar-refractivity contribution is 8.13. The number of thioether (sulfide) groups is 1. The summed E-state index contributed by atoms with van der Waals surface area (Å²) < 4.78 is 0. The highest BCUT2D eigenvalue weighted by Crippen LogP contribution is 2.33. The number of hydrogen-bond donors (Lipinski definition) is 0. The van der Waals surface area contributed by atoms with Gasteiger partial charge < -0.3 is 4.90 Å². The number of nitriles is 3. The minimum atomic E-state index is 0.0561. The molecule has 0 aromatic heterocycles. The fourth-order valence-corrected chi connectivity index (χ4v) is 5.41. The Labute approximate surface area is 242 Å². The van der Waals surface area contributed by atoms with E-state index in [1.165, 1.54) is 56.7 Å². The molecule has 0 atom stereocenters. The fraction of sp³-hybridized carbons (Fsp3) is 0.353. The average molecular weight is 549 g/mol. The van der Waals surface area contributed by atoms with Crippen molar-refractivity contribution in [1.29, 1.82) is 15.8 Å². The molecule has 1 heterocycles. The smallest absolute Gasteiger partial charge is 0.185 e. The summed E-state index contributed by atoms with van der Waals surface area (Å²) in [6.45, 7) is 2.60. The van der Waals surface area contributed by atoms with Crippen LogP contribution in [-0.4, -0.2) is 17.4 Å². The summed E-state index contributed by atoms with van der Waals surface area (Å²) in [5.74, 6) is 0.959. The standard InChI is InChI=1S/C34H36N4OS/c1-27(39)40-22-12-8-6-4-2-3-5-7-11-20-38-21-19-30(33-13-9-10-14-34(33)38)23-31(24-35)28-15-17-29(18-16-28)32(25-36)26-37/h9-10,13-19,21,23H,2-8,11-12,20,22H2,1H3/b30-23-. The van der Waals surface area contributed by atoms with Crippen LogP contribution in [0.1, 0.15) is 70.3 Å². The molecular weight excluding hydrogens is 512 g/mol. The Morgan fingerprint density at radius 1 is 0.800 bits per heavy atom. The van der Waals surface area contributed by atoms with Crippen LogP contribution in [0.25, 0.3) is 16.7 Å². The maximum absolute atomic E-state index is 10.9. The Hall–Kier alpha value is -4.05. The number of para-hydroxylation sites is 1. The molecular formula is C34H36N4OS. The Morgan fingerprint density at radius 2 is 1.40 bits per heavy atom. The number of nitrogens with zero attached hydrogens (tertiary/aromatic N) is 4. The van der Waals surface area contributed by atoms with Crippen LogP contribution in [-0.2, 0) is 4.79 Å². The summed E-state index contributed by atoms with van der Waals surface area (Å²) >= 11 is 1.44. The van der Waals surface area contributed by atoms with Crippen LogP contribution in [0.5, 0.6) is 0 Å². The molecule has 0 unspecified atom stereocenters. The van der Waals surface area contributed by atoms with E-state index in [0.717, 1.165) is 47.2 Å². The Balaban J connectivity index is 1.55. The van der Waals surface area contributed by atoms with E-state index in [1.54, 1.807) is 31.2 Å². The van der Waals surface area contributed by atoms with Crippen LogP contribution in [0, 0.1) is 34.0 Å². The second kappa shape index (κ2) is 16.8. The van der Waals surface area contributed by atoms with Gasteiger partial charge in [0.2, 0.25) is 0 Å². The molecule has 0 aliphatic carbocycles. The van der Waals surface area contributed by atoms with Gasteiger partial charge >= 0.3 is 0 Å². The fourth-order valence-electron chi connectivity index (χ4n) is 4.77. The van der Waals surface area contributed by atoms with Crippen LogP contribution in [0.15, 0.2) is 66.9 Å². The normalized spacial score (nSPS) is 12.8. The van der Waals surface area contributed by atoms with Gasteiger partial charge in [0.05, 0.1) is 11.6 Å². The number of rotatable bonds is 13. The van der Waals surface area contributed by atoms with Gasteiger partial charge in [0.1, 0.15) is 17.7 Å². The van der Waals surface area contributed by atoms with Crippen LogP contribution >= 0.6 is 11.8 Å². The zero-order valence-corrected chi connectivity index (χ0v) is 24.1. The quantitative estimate of drug-likeness (QED) is 0.257. The maximum Gasteiger partial charge on any atom is 0.185 e. The number of hydrogen-bond acceptors (Lipinski definition) is 6. The number of carbonyl (C=O) groups is 1. The number of fused-ring (bicyclic) bond motifs is 1. The monoisotopic (exact) mass is 548 g/mol. The van der Waals surface area contributed by atoms with Crippen molar-refractivity contribution in [1.82, 2.24) is 0 Å².